The second kappa shape index (κ2) is 7.55. The number of hydrogen-bond donors (Lipinski definition) is 2. The Bertz CT molecular complexity index is 867. The van der Waals surface area contributed by atoms with Crippen LogP contribution in [0.2, 0.25) is 0 Å². The monoisotopic (exact) mass is 361 g/mol. The SMILES string of the molecule is CCN(C)CC1CN(C(=O)c2cc(=O)c3cccc(F)c3[nH]2)CC1CO. The summed E-state index contributed by atoms with van der Waals surface area (Å²) in [6.07, 6.45) is 0. The molecule has 2 heterocycles. The Hall–Kier alpha value is -2.25. The van der Waals surface area contributed by atoms with E-state index in [1.807, 2.05) is 7.05 Å². The molecule has 0 bridgehead atoms. The summed E-state index contributed by atoms with van der Waals surface area (Å²) in [5.74, 6) is -0.742. The largest absolute Gasteiger partial charge is 0.396 e. The Morgan fingerprint density at radius 3 is 2.81 bits per heavy atom. The fourth-order valence-corrected chi connectivity index (χ4v) is 3.57. The molecule has 1 aliphatic heterocycles. The predicted octanol–water partition coefficient (Wildman–Crippen LogP) is 1.30. The predicted molar refractivity (Wildman–Crippen MR) is 97.7 cm³/mol. The summed E-state index contributed by atoms with van der Waals surface area (Å²) in [4.78, 5) is 31.6. The zero-order valence-electron chi connectivity index (χ0n) is 15.0. The zero-order valence-corrected chi connectivity index (χ0v) is 15.0. The highest BCUT2D eigenvalue weighted by Crippen LogP contribution is 2.25. The Balaban J connectivity index is 1.87. The van der Waals surface area contributed by atoms with Crippen molar-refractivity contribution >= 4 is 16.8 Å². The van der Waals surface area contributed by atoms with Gasteiger partial charge in [-0.15, -0.1) is 0 Å². The molecular weight excluding hydrogens is 337 g/mol. The Morgan fingerprint density at radius 1 is 1.38 bits per heavy atom. The molecule has 0 saturated carbocycles. The van der Waals surface area contributed by atoms with Gasteiger partial charge in [0.05, 0.1) is 5.52 Å². The standard InChI is InChI=1S/C19H24FN3O3/c1-3-22(2)8-12-9-23(10-13(12)11-24)19(26)16-7-17(25)14-5-4-6-15(20)18(14)21-16/h4-7,12-13,24H,3,8-11H2,1-2H3,(H,21,25). The highest BCUT2D eigenvalue weighted by Gasteiger charge is 2.35. The smallest absolute Gasteiger partial charge is 0.270 e. The lowest BCUT2D eigenvalue weighted by Gasteiger charge is -2.22. The highest BCUT2D eigenvalue weighted by molar-refractivity contribution is 5.95. The molecule has 1 saturated heterocycles. The molecule has 7 heteroatoms. The van der Waals surface area contributed by atoms with E-state index in [9.17, 15) is 19.1 Å². The van der Waals surface area contributed by atoms with Gasteiger partial charge in [0.25, 0.3) is 5.91 Å². The normalized spacial score (nSPS) is 20.3. The molecule has 140 valence electrons. The van der Waals surface area contributed by atoms with Crippen molar-refractivity contribution in [2.45, 2.75) is 6.92 Å². The first kappa shape index (κ1) is 18.5. The van der Waals surface area contributed by atoms with Crippen LogP contribution in [0.4, 0.5) is 4.39 Å². The minimum atomic E-state index is -0.564. The van der Waals surface area contributed by atoms with Crippen LogP contribution in [0, 0.1) is 17.7 Å². The number of fused-ring (bicyclic) bond motifs is 1. The summed E-state index contributed by atoms with van der Waals surface area (Å²) >= 11 is 0. The number of amides is 1. The van der Waals surface area contributed by atoms with E-state index in [1.165, 1.54) is 24.3 Å². The van der Waals surface area contributed by atoms with E-state index in [4.69, 9.17) is 0 Å². The number of aromatic nitrogens is 1. The highest BCUT2D eigenvalue weighted by atomic mass is 19.1. The number of carbonyl (C=O) groups excluding carboxylic acids is 1. The fourth-order valence-electron chi connectivity index (χ4n) is 3.57. The first-order valence-electron chi connectivity index (χ1n) is 8.84. The van der Waals surface area contributed by atoms with Crippen molar-refractivity contribution in [1.29, 1.82) is 0 Å². The van der Waals surface area contributed by atoms with Crippen LogP contribution in [0.1, 0.15) is 17.4 Å². The Labute approximate surface area is 151 Å². The molecule has 3 rings (SSSR count). The molecule has 26 heavy (non-hydrogen) atoms. The van der Waals surface area contributed by atoms with Crippen LogP contribution in [0.25, 0.3) is 10.9 Å². The van der Waals surface area contributed by atoms with Crippen LogP contribution >= 0.6 is 0 Å². The average Bonchev–Trinajstić information content (AvgIpc) is 3.04. The topological polar surface area (TPSA) is 76.6 Å². The number of para-hydroxylation sites is 1. The van der Waals surface area contributed by atoms with Gasteiger partial charge >= 0.3 is 0 Å². The van der Waals surface area contributed by atoms with E-state index in [1.54, 1.807) is 4.90 Å². The first-order chi connectivity index (χ1) is 12.4. The van der Waals surface area contributed by atoms with E-state index in [0.29, 0.717) is 13.1 Å². The maximum absolute atomic E-state index is 14.0. The van der Waals surface area contributed by atoms with E-state index in [-0.39, 0.29) is 46.4 Å². The van der Waals surface area contributed by atoms with Crippen molar-refractivity contribution in [3.63, 3.8) is 0 Å². The van der Waals surface area contributed by atoms with Crippen molar-refractivity contribution in [2.24, 2.45) is 11.8 Å². The molecule has 1 aromatic carbocycles. The molecule has 6 nitrogen and oxygen atoms in total. The molecule has 0 aliphatic carbocycles. The minimum Gasteiger partial charge on any atom is -0.396 e. The molecule has 1 aromatic heterocycles. The summed E-state index contributed by atoms with van der Waals surface area (Å²) in [6.45, 7) is 4.67. The maximum atomic E-state index is 14.0. The third kappa shape index (κ3) is 3.50. The number of aromatic amines is 1. The number of H-pyrrole nitrogens is 1. The molecular formula is C19H24FN3O3. The van der Waals surface area contributed by atoms with Crippen molar-refractivity contribution in [2.75, 3.05) is 39.8 Å². The third-order valence-corrected chi connectivity index (χ3v) is 5.23. The van der Waals surface area contributed by atoms with Gasteiger partial charge in [-0.3, -0.25) is 9.59 Å². The molecule has 0 radical (unpaired) electrons. The number of nitrogens with zero attached hydrogens (tertiary/aromatic N) is 2. The lowest BCUT2D eigenvalue weighted by atomic mass is 9.96. The number of aliphatic hydroxyl groups excluding tert-OH is 1. The number of rotatable bonds is 5. The second-order valence-corrected chi connectivity index (χ2v) is 6.98. The van der Waals surface area contributed by atoms with Crippen molar-refractivity contribution in [1.82, 2.24) is 14.8 Å². The number of nitrogens with one attached hydrogen (secondary N) is 1. The number of likely N-dealkylation sites (tertiary alicyclic amines) is 1. The van der Waals surface area contributed by atoms with Gasteiger partial charge in [-0.25, -0.2) is 4.39 Å². The van der Waals surface area contributed by atoms with E-state index < -0.39 is 5.82 Å². The van der Waals surface area contributed by atoms with Gasteiger partial charge in [0.1, 0.15) is 11.5 Å². The van der Waals surface area contributed by atoms with Crippen LogP contribution in [-0.2, 0) is 0 Å². The lowest BCUT2D eigenvalue weighted by molar-refractivity contribution is 0.0774. The van der Waals surface area contributed by atoms with Crippen LogP contribution < -0.4 is 5.43 Å². The van der Waals surface area contributed by atoms with E-state index >= 15 is 0 Å². The summed E-state index contributed by atoms with van der Waals surface area (Å²) in [5.41, 5.74) is -0.265. The van der Waals surface area contributed by atoms with Gasteiger partial charge in [-0.1, -0.05) is 13.0 Å². The quantitative estimate of drug-likeness (QED) is 0.842. The van der Waals surface area contributed by atoms with Gasteiger partial charge in [0.15, 0.2) is 5.43 Å². The molecule has 2 unspecified atom stereocenters. The van der Waals surface area contributed by atoms with Gasteiger partial charge < -0.3 is 19.9 Å². The zero-order chi connectivity index (χ0) is 18.8. The van der Waals surface area contributed by atoms with Crippen molar-refractivity contribution in [3.05, 3.63) is 46.0 Å². The fraction of sp³-hybridized carbons (Fsp3) is 0.474. The van der Waals surface area contributed by atoms with Gasteiger partial charge in [-0.2, -0.15) is 0 Å². The van der Waals surface area contributed by atoms with Crippen LogP contribution in [0.3, 0.4) is 0 Å². The summed E-state index contributed by atoms with van der Waals surface area (Å²) in [5, 5.41) is 9.87. The number of carbonyl (C=O) groups is 1. The Kier molecular flexibility index (Phi) is 5.38. The first-order valence-corrected chi connectivity index (χ1v) is 8.84. The van der Waals surface area contributed by atoms with Crippen LogP contribution in [-0.4, -0.2) is 65.6 Å². The van der Waals surface area contributed by atoms with Crippen molar-refractivity contribution < 1.29 is 14.3 Å². The van der Waals surface area contributed by atoms with E-state index in [0.717, 1.165) is 13.1 Å². The van der Waals surface area contributed by atoms with Gasteiger partial charge in [0, 0.05) is 43.6 Å². The summed E-state index contributed by atoms with van der Waals surface area (Å²) in [7, 11) is 2.00. The molecule has 2 atom stereocenters. The van der Waals surface area contributed by atoms with Gasteiger partial charge in [-0.05, 0) is 31.6 Å². The number of halogens is 1. The van der Waals surface area contributed by atoms with Crippen LogP contribution in [0.5, 0.6) is 0 Å². The summed E-state index contributed by atoms with van der Waals surface area (Å²) < 4.78 is 14.0. The molecule has 2 N–H and O–H groups in total. The molecule has 0 spiro atoms. The molecule has 1 aliphatic rings. The third-order valence-electron chi connectivity index (χ3n) is 5.23. The lowest BCUT2D eigenvalue weighted by Crippen LogP contribution is -2.32. The molecule has 1 amide bonds. The summed E-state index contributed by atoms with van der Waals surface area (Å²) in [6, 6.07) is 5.47. The number of hydrogen-bond acceptors (Lipinski definition) is 4. The molecule has 2 aromatic rings. The van der Waals surface area contributed by atoms with Crippen LogP contribution in [0.15, 0.2) is 29.1 Å². The van der Waals surface area contributed by atoms with Gasteiger partial charge in [0.2, 0.25) is 0 Å². The number of pyridine rings is 1. The van der Waals surface area contributed by atoms with E-state index in [2.05, 4.69) is 16.8 Å². The maximum Gasteiger partial charge on any atom is 0.270 e. The second-order valence-electron chi connectivity index (χ2n) is 6.98. The number of benzene rings is 1. The van der Waals surface area contributed by atoms with Crippen molar-refractivity contribution in [3.8, 4) is 0 Å². The average molecular weight is 361 g/mol. The Morgan fingerprint density at radius 2 is 2.12 bits per heavy atom. The minimum absolute atomic E-state index is 0.00290. The number of aliphatic hydroxyl groups is 1. The molecule has 1 fully saturated rings.